The molecule has 0 spiro atoms. The van der Waals surface area contributed by atoms with Crippen molar-refractivity contribution in [2.24, 2.45) is 5.92 Å². The lowest BCUT2D eigenvalue weighted by molar-refractivity contribution is -0.128. The second kappa shape index (κ2) is 7.00. The molecule has 0 bridgehead atoms. The Bertz CT molecular complexity index is 935. The van der Waals surface area contributed by atoms with E-state index in [9.17, 15) is 9.59 Å². The van der Waals surface area contributed by atoms with Crippen LogP contribution in [0.15, 0.2) is 54.7 Å². The van der Waals surface area contributed by atoms with Gasteiger partial charge in [0, 0.05) is 30.6 Å². The maximum Gasteiger partial charge on any atom is 0.229 e. The number of anilines is 1. The van der Waals surface area contributed by atoms with Gasteiger partial charge in [-0.25, -0.2) is 0 Å². The number of aromatic amines is 1. The molecule has 1 aliphatic rings. The molecule has 6 nitrogen and oxygen atoms in total. The van der Waals surface area contributed by atoms with E-state index in [1.807, 2.05) is 36.4 Å². The van der Waals surface area contributed by atoms with E-state index >= 15 is 0 Å². The van der Waals surface area contributed by atoms with Crippen molar-refractivity contribution in [2.75, 3.05) is 18.4 Å². The van der Waals surface area contributed by atoms with Gasteiger partial charge in [-0.15, -0.1) is 0 Å². The van der Waals surface area contributed by atoms with Crippen LogP contribution < -0.4 is 5.32 Å². The van der Waals surface area contributed by atoms with Crippen molar-refractivity contribution in [1.82, 2.24) is 15.1 Å². The summed E-state index contributed by atoms with van der Waals surface area (Å²) in [6.45, 7) is 1.12. The monoisotopic (exact) mass is 348 g/mol. The number of benzene rings is 2. The number of fused-ring (bicyclic) bond motifs is 1. The molecule has 132 valence electrons. The molecule has 1 fully saturated rings. The zero-order chi connectivity index (χ0) is 17.9. The summed E-state index contributed by atoms with van der Waals surface area (Å²) in [5.41, 5.74) is 2.84. The Kier molecular flexibility index (Phi) is 4.39. The first-order valence-electron chi connectivity index (χ1n) is 8.75. The molecule has 2 amide bonds. The highest BCUT2D eigenvalue weighted by Crippen LogP contribution is 2.22. The van der Waals surface area contributed by atoms with Crippen molar-refractivity contribution >= 4 is 28.4 Å². The van der Waals surface area contributed by atoms with Crippen molar-refractivity contribution in [3.05, 3.63) is 60.3 Å². The summed E-state index contributed by atoms with van der Waals surface area (Å²) in [4.78, 5) is 26.6. The van der Waals surface area contributed by atoms with Gasteiger partial charge in [0.05, 0.1) is 17.6 Å². The van der Waals surface area contributed by atoms with Crippen LogP contribution in [0.3, 0.4) is 0 Å². The van der Waals surface area contributed by atoms with Crippen LogP contribution in [0.25, 0.3) is 10.9 Å². The van der Waals surface area contributed by atoms with E-state index in [1.54, 1.807) is 11.1 Å². The molecule has 1 unspecified atom stereocenters. The van der Waals surface area contributed by atoms with Crippen molar-refractivity contribution in [3.8, 4) is 0 Å². The summed E-state index contributed by atoms with van der Waals surface area (Å²) < 4.78 is 0. The van der Waals surface area contributed by atoms with Crippen molar-refractivity contribution < 1.29 is 9.59 Å². The Morgan fingerprint density at radius 3 is 2.92 bits per heavy atom. The summed E-state index contributed by atoms with van der Waals surface area (Å²) >= 11 is 0. The van der Waals surface area contributed by atoms with Gasteiger partial charge in [-0.3, -0.25) is 14.7 Å². The molecular formula is C20H20N4O2. The molecule has 2 heterocycles. The number of likely N-dealkylation sites (tertiary alicyclic amines) is 1. The van der Waals surface area contributed by atoms with Crippen molar-refractivity contribution in [3.63, 3.8) is 0 Å². The molecule has 1 atom stereocenters. The summed E-state index contributed by atoms with van der Waals surface area (Å²) in [5.74, 6) is -0.368. The lowest BCUT2D eigenvalue weighted by Gasteiger charge is -2.16. The van der Waals surface area contributed by atoms with Gasteiger partial charge in [0.15, 0.2) is 0 Å². The first kappa shape index (κ1) is 16.3. The number of hydrogen-bond donors (Lipinski definition) is 2. The Labute approximate surface area is 151 Å². The SMILES string of the molecule is O=C(Nc1ccc2[nH]ncc2c1)C1CC(=O)N(CCc2ccccc2)C1. The van der Waals surface area contributed by atoms with Gasteiger partial charge in [-0.1, -0.05) is 30.3 Å². The smallest absolute Gasteiger partial charge is 0.229 e. The van der Waals surface area contributed by atoms with E-state index in [4.69, 9.17) is 0 Å². The first-order valence-corrected chi connectivity index (χ1v) is 8.75. The highest BCUT2D eigenvalue weighted by molar-refractivity contribution is 5.98. The Morgan fingerprint density at radius 1 is 1.23 bits per heavy atom. The third-order valence-electron chi connectivity index (χ3n) is 4.81. The maximum absolute atomic E-state index is 12.5. The number of nitrogens with zero attached hydrogens (tertiary/aromatic N) is 2. The van der Waals surface area contributed by atoms with Gasteiger partial charge in [-0.2, -0.15) is 5.10 Å². The van der Waals surface area contributed by atoms with Crippen LogP contribution in [0.2, 0.25) is 0 Å². The number of hydrogen-bond acceptors (Lipinski definition) is 3. The van der Waals surface area contributed by atoms with Gasteiger partial charge >= 0.3 is 0 Å². The molecule has 1 aromatic heterocycles. The Hall–Kier alpha value is -3.15. The van der Waals surface area contributed by atoms with Crippen LogP contribution >= 0.6 is 0 Å². The zero-order valence-electron chi connectivity index (χ0n) is 14.3. The van der Waals surface area contributed by atoms with E-state index in [0.29, 0.717) is 13.1 Å². The summed E-state index contributed by atoms with van der Waals surface area (Å²) in [5, 5.41) is 10.7. The highest BCUT2D eigenvalue weighted by atomic mass is 16.2. The molecule has 1 saturated heterocycles. The third kappa shape index (κ3) is 3.44. The van der Waals surface area contributed by atoms with E-state index in [-0.39, 0.29) is 24.2 Å². The Morgan fingerprint density at radius 2 is 2.08 bits per heavy atom. The lowest BCUT2D eigenvalue weighted by atomic mass is 10.1. The quantitative estimate of drug-likeness (QED) is 0.744. The minimum Gasteiger partial charge on any atom is -0.342 e. The number of amides is 2. The normalized spacial score (nSPS) is 17.0. The average molecular weight is 348 g/mol. The fourth-order valence-corrected chi connectivity index (χ4v) is 3.34. The van der Waals surface area contributed by atoms with Gasteiger partial charge in [0.1, 0.15) is 0 Å². The van der Waals surface area contributed by atoms with E-state index in [0.717, 1.165) is 23.0 Å². The molecule has 2 aromatic carbocycles. The molecular weight excluding hydrogens is 328 g/mol. The molecule has 26 heavy (non-hydrogen) atoms. The molecule has 0 radical (unpaired) electrons. The number of H-pyrrole nitrogens is 1. The first-order chi connectivity index (χ1) is 12.7. The molecule has 2 N–H and O–H groups in total. The van der Waals surface area contributed by atoms with Crippen LogP contribution in [-0.4, -0.2) is 40.0 Å². The summed E-state index contributed by atoms with van der Waals surface area (Å²) in [6.07, 6.45) is 2.79. The van der Waals surface area contributed by atoms with Crippen LogP contribution in [0.1, 0.15) is 12.0 Å². The topological polar surface area (TPSA) is 78.1 Å². The minimum absolute atomic E-state index is 0.0476. The van der Waals surface area contributed by atoms with Crippen LogP contribution in [0.4, 0.5) is 5.69 Å². The molecule has 6 heteroatoms. The van der Waals surface area contributed by atoms with E-state index < -0.39 is 0 Å². The standard InChI is InChI=1S/C20H20N4O2/c25-19-11-16(13-24(19)9-8-14-4-2-1-3-5-14)20(26)22-17-6-7-18-15(10-17)12-21-23-18/h1-7,10,12,16H,8-9,11,13H2,(H,21,23)(H,22,26). The second-order valence-electron chi connectivity index (χ2n) is 6.64. The van der Waals surface area contributed by atoms with Gasteiger partial charge in [-0.05, 0) is 30.2 Å². The molecule has 4 rings (SSSR count). The van der Waals surface area contributed by atoms with Crippen molar-refractivity contribution in [1.29, 1.82) is 0 Å². The highest BCUT2D eigenvalue weighted by Gasteiger charge is 2.34. The van der Waals surface area contributed by atoms with Crippen molar-refractivity contribution in [2.45, 2.75) is 12.8 Å². The van der Waals surface area contributed by atoms with E-state index in [1.165, 1.54) is 5.56 Å². The second-order valence-corrected chi connectivity index (χ2v) is 6.64. The lowest BCUT2D eigenvalue weighted by Crippen LogP contribution is -2.30. The van der Waals surface area contributed by atoms with Crippen LogP contribution in [0, 0.1) is 5.92 Å². The number of rotatable bonds is 5. The maximum atomic E-state index is 12.5. The van der Waals surface area contributed by atoms with Crippen LogP contribution in [-0.2, 0) is 16.0 Å². The average Bonchev–Trinajstić information content (AvgIpc) is 3.27. The summed E-state index contributed by atoms with van der Waals surface area (Å²) in [7, 11) is 0. The largest absolute Gasteiger partial charge is 0.342 e. The van der Waals surface area contributed by atoms with Gasteiger partial charge in [0.25, 0.3) is 0 Å². The Balaban J connectivity index is 1.35. The third-order valence-corrected chi connectivity index (χ3v) is 4.81. The fraction of sp³-hybridized carbons (Fsp3) is 0.250. The van der Waals surface area contributed by atoms with Gasteiger partial charge < -0.3 is 10.2 Å². The predicted molar refractivity (Wildman–Crippen MR) is 99.6 cm³/mol. The number of carbonyl (C=O) groups is 2. The zero-order valence-corrected chi connectivity index (χ0v) is 14.3. The fourth-order valence-electron chi connectivity index (χ4n) is 3.34. The molecule has 1 aliphatic heterocycles. The van der Waals surface area contributed by atoms with Gasteiger partial charge in [0.2, 0.25) is 11.8 Å². The predicted octanol–water partition coefficient (Wildman–Crippen LogP) is 2.59. The number of nitrogens with one attached hydrogen (secondary N) is 2. The number of aromatic nitrogens is 2. The minimum atomic E-state index is -0.307. The summed E-state index contributed by atoms with van der Waals surface area (Å²) in [6, 6.07) is 15.7. The molecule has 3 aromatic rings. The van der Waals surface area contributed by atoms with E-state index in [2.05, 4.69) is 27.6 Å². The molecule has 0 saturated carbocycles. The molecule has 0 aliphatic carbocycles. The van der Waals surface area contributed by atoms with Crippen LogP contribution in [0.5, 0.6) is 0 Å². The number of carbonyl (C=O) groups excluding carboxylic acids is 2.